The Labute approximate surface area is 116 Å². The van der Waals surface area contributed by atoms with Crippen LogP contribution in [0.15, 0.2) is 22.7 Å². The van der Waals surface area contributed by atoms with E-state index in [1.54, 1.807) is 26.4 Å². The second-order valence-electron chi connectivity index (χ2n) is 4.11. The summed E-state index contributed by atoms with van der Waals surface area (Å²) in [7, 11) is 3.26. The van der Waals surface area contributed by atoms with E-state index in [0.717, 1.165) is 4.47 Å². The number of halogens is 2. The number of rotatable bonds is 7. The predicted octanol–water partition coefficient (Wildman–Crippen LogP) is 2.90. The Morgan fingerprint density at radius 3 is 2.72 bits per heavy atom. The fraction of sp³-hybridized carbons (Fsp3) is 0.538. The number of hydrogen-bond acceptors (Lipinski definition) is 3. The topological polar surface area (TPSA) is 30.5 Å². The van der Waals surface area contributed by atoms with E-state index in [9.17, 15) is 4.39 Å². The lowest BCUT2D eigenvalue weighted by molar-refractivity contribution is 0.0276. The standard InChI is InChI=1S/C13H19BrFNO2/c1-9(16-7-11(18-3)8-17-2)12-6-10(14)4-5-13(12)15/h4-6,9,11,16H,7-8H2,1-3H3. The van der Waals surface area contributed by atoms with Crippen LogP contribution >= 0.6 is 15.9 Å². The maximum atomic E-state index is 13.7. The molecule has 0 aromatic heterocycles. The quantitative estimate of drug-likeness (QED) is 0.838. The van der Waals surface area contributed by atoms with E-state index < -0.39 is 0 Å². The van der Waals surface area contributed by atoms with E-state index in [1.165, 1.54) is 6.07 Å². The second-order valence-corrected chi connectivity index (χ2v) is 5.02. The monoisotopic (exact) mass is 319 g/mol. The summed E-state index contributed by atoms with van der Waals surface area (Å²) < 4.78 is 24.8. The molecule has 2 atom stereocenters. The van der Waals surface area contributed by atoms with Crippen molar-refractivity contribution in [1.82, 2.24) is 5.32 Å². The summed E-state index contributed by atoms with van der Waals surface area (Å²) in [5.41, 5.74) is 0.636. The van der Waals surface area contributed by atoms with Crippen LogP contribution in [0.2, 0.25) is 0 Å². The summed E-state index contributed by atoms with van der Waals surface area (Å²) in [6.07, 6.45) is -0.0346. The minimum absolute atomic E-state index is 0.0346. The summed E-state index contributed by atoms with van der Waals surface area (Å²) in [4.78, 5) is 0. The Hall–Kier alpha value is -0.490. The minimum atomic E-state index is -0.209. The summed E-state index contributed by atoms with van der Waals surface area (Å²) in [6.45, 7) is 3.04. The zero-order valence-corrected chi connectivity index (χ0v) is 12.5. The Morgan fingerprint density at radius 1 is 1.39 bits per heavy atom. The molecule has 0 saturated heterocycles. The number of benzene rings is 1. The number of hydrogen-bond donors (Lipinski definition) is 1. The second kappa shape index (κ2) is 7.84. The molecule has 1 aromatic rings. The molecule has 0 fully saturated rings. The van der Waals surface area contributed by atoms with Crippen LogP contribution < -0.4 is 5.32 Å². The lowest BCUT2D eigenvalue weighted by Gasteiger charge is -2.20. The zero-order chi connectivity index (χ0) is 13.5. The zero-order valence-electron chi connectivity index (χ0n) is 10.9. The van der Waals surface area contributed by atoms with Gasteiger partial charge in [-0.2, -0.15) is 0 Å². The normalized spacial score (nSPS) is 14.5. The van der Waals surface area contributed by atoms with E-state index in [-0.39, 0.29) is 18.0 Å². The van der Waals surface area contributed by atoms with Gasteiger partial charge in [-0.05, 0) is 25.1 Å². The molecule has 0 aliphatic rings. The van der Waals surface area contributed by atoms with Crippen molar-refractivity contribution in [2.75, 3.05) is 27.4 Å². The first kappa shape index (κ1) is 15.6. The van der Waals surface area contributed by atoms with E-state index in [1.807, 2.05) is 6.92 Å². The molecule has 1 N–H and O–H groups in total. The summed E-state index contributed by atoms with van der Waals surface area (Å²) >= 11 is 3.34. The van der Waals surface area contributed by atoms with E-state index in [4.69, 9.17) is 9.47 Å². The highest BCUT2D eigenvalue weighted by molar-refractivity contribution is 9.10. The Bertz CT molecular complexity index is 376. The van der Waals surface area contributed by atoms with Gasteiger partial charge in [0.05, 0.1) is 12.7 Å². The molecule has 18 heavy (non-hydrogen) atoms. The van der Waals surface area contributed by atoms with Crippen LogP contribution in [0, 0.1) is 5.82 Å². The van der Waals surface area contributed by atoms with Crippen LogP contribution in [-0.2, 0) is 9.47 Å². The summed E-state index contributed by atoms with van der Waals surface area (Å²) in [5, 5.41) is 3.24. The molecule has 2 unspecified atom stereocenters. The molecular formula is C13H19BrFNO2. The highest BCUT2D eigenvalue weighted by Crippen LogP contribution is 2.21. The van der Waals surface area contributed by atoms with Gasteiger partial charge in [-0.25, -0.2) is 4.39 Å². The van der Waals surface area contributed by atoms with Gasteiger partial charge in [0.25, 0.3) is 0 Å². The molecule has 3 nitrogen and oxygen atoms in total. The van der Waals surface area contributed by atoms with Gasteiger partial charge in [-0.15, -0.1) is 0 Å². The number of nitrogens with one attached hydrogen (secondary N) is 1. The maximum absolute atomic E-state index is 13.7. The SMILES string of the molecule is COCC(CNC(C)c1cc(Br)ccc1F)OC. The Balaban J connectivity index is 2.59. The highest BCUT2D eigenvalue weighted by atomic mass is 79.9. The molecule has 0 bridgehead atoms. The largest absolute Gasteiger partial charge is 0.382 e. The van der Waals surface area contributed by atoms with Crippen molar-refractivity contribution in [3.63, 3.8) is 0 Å². The lowest BCUT2D eigenvalue weighted by atomic mass is 10.1. The molecule has 0 amide bonds. The molecule has 1 rings (SSSR count). The molecule has 102 valence electrons. The average Bonchev–Trinajstić information content (AvgIpc) is 2.37. The van der Waals surface area contributed by atoms with Crippen molar-refractivity contribution in [3.05, 3.63) is 34.1 Å². The Morgan fingerprint density at radius 2 is 2.11 bits per heavy atom. The minimum Gasteiger partial charge on any atom is -0.382 e. The van der Waals surface area contributed by atoms with Crippen LogP contribution in [0.25, 0.3) is 0 Å². The van der Waals surface area contributed by atoms with Crippen LogP contribution in [0.4, 0.5) is 4.39 Å². The van der Waals surface area contributed by atoms with Crippen molar-refractivity contribution in [2.24, 2.45) is 0 Å². The van der Waals surface area contributed by atoms with E-state index in [2.05, 4.69) is 21.2 Å². The molecule has 0 spiro atoms. The Kier molecular flexibility index (Phi) is 6.78. The first-order valence-electron chi connectivity index (χ1n) is 5.78. The first-order valence-corrected chi connectivity index (χ1v) is 6.57. The van der Waals surface area contributed by atoms with Crippen molar-refractivity contribution >= 4 is 15.9 Å². The molecule has 0 aliphatic carbocycles. The van der Waals surface area contributed by atoms with Gasteiger partial charge >= 0.3 is 0 Å². The van der Waals surface area contributed by atoms with Gasteiger partial charge in [-0.1, -0.05) is 15.9 Å². The van der Waals surface area contributed by atoms with Crippen LogP contribution in [-0.4, -0.2) is 33.5 Å². The van der Waals surface area contributed by atoms with E-state index in [0.29, 0.717) is 18.7 Å². The van der Waals surface area contributed by atoms with Crippen molar-refractivity contribution < 1.29 is 13.9 Å². The number of ether oxygens (including phenoxy) is 2. The van der Waals surface area contributed by atoms with Crippen LogP contribution in [0.3, 0.4) is 0 Å². The lowest BCUT2D eigenvalue weighted by Crippen LogP contribution is -2.33. The van der Waals surface area contributed by atoms with Gasteiger partial charge in [0.2, 0.25) is 0 Å². The maximum Gasteiger partial charge on any atom is 0.128 e. The fourth-order valence-corrected chi connectivity index (χ4v) is 2.04. The molecule has 5 heteroatoms. The van der Waals surface area contributed by atoms with Crippen LogP contribution in [0.5, 0.6) is 0 Å². The first-order chi connectivity index (χ1) is 8.58. The van der Waals surface area contributed by atoms with Gasteiger partial charge < -0.3 is 14.8 Å². The fourth-order valence-electron chi connectivity index (χ4n) is 1.66. The van der Waals surface area contributed by atoms with Gasteiger partial charge in [0, 0.05) is 36.8 Å². The van der Waals surface area contributed by atoms with Gasteiger partial charge in [0.1, 0.15) is 5.82 Å². The van der Waals surface area contributed by atoms with Crippen molar-refractivity contribution in [2.45, 2.75) is 19.1 Å². The predicted molar refractivity (Wildman–Crippen MR) is 73.2 cm³/mol. The van der Waals surface area contributed by atoms with Crippen molar-refractivity contribution in [3.8, 4) is 0 Å². The average molecular weight is 320 g/mol. The third kappa shape index (κ3) is 4.65. The van der Waals surface area contributed by atoms with E-state index >= 15 is 0 Å². The third-order valence-electron chi connectivity index (χ3n) is 2.76. The molecular weight excluding hydrogens is 301 g/mol. The smallest absolute Gasteiger partial charge is 0.128 e. The summed E-state index contributed by atoms with van der Waals surface area (Å²) in [5.74, 6) is -0.209. The summed E-state index contributed by atoms with van der Waals surface area (Å²) in [6, 6.07) is 4.84. The molecule has 0 heterocycles. The highest BCUT2D eigenvalue weighted by Gasteiger charge is 2.13. The van der Waals surface area contributed by atoms with Crippen LogP contribution in [0.1, 0.15) is 18.5 Å². The molecule has 0 aliphatic heterocycles. The van der Waals surface area contributed by atoms with Gasteiger partial charge in [-0.3, -0.25) is 0 Å². The molecule has 0 radical (unpaired) electrons. The molecule has 0 saturated carbocycles. The van der Waals surface area contributed by atoms with Crippen molar-refractivity contribution in [1.29, 1.82) is 0 Å². The van der Waals surface area contributed by atoms with Gasteiger partial charge in [0.15, 0.2) is 0 Å². The molecule has 1 aromatic carbocycles. The number of methoxy groups -OCH3 is 2. The third-order valence-corrected chi connectivity index (χ3v) is 3.26.